The Hall–Kier alpha value is -4.23. The Bertz CT molecular complexity index is 2260. The van der Waals surface area contributed by atoms with E-state index in [9.17, 15) is 36.3 Å². The van der Waals surface area contributed by atoms with Crippen molar-refractivity contribution in [3.05, 3.63) is 58.7 Å². The lowest BCUT2D eigenvalue weighted by molar-refractivity contribution is -0.138. The number of piperidine rings is 2. The molecule has 19 heteroatoms. The molecule has 5 fully saturated rings. The number of rotatable bonds is 11. The van der Waals surface area contributed by atoms with Crippen molar-refractivity contribution in [2.75, 3.05) is 66.2 Å². The minimum atomic E-state index is -4.70. The number of hydrogen-bond acceptors (Lipinski definition) is 12. The smallest absolute Gasteiger partial charge is 0.388 e. The minimum Gasteiger partial charge on any atom is -0.388 e. The Morgan fingerprint density at radius 2 is 1.72 bits per heavy atom. The molecule has 2 amide bonds. The molecule has 60 heavy (non-hydrogen) atoms. The van der Waals surface area contributed by atoms with Crippen LogP contribution in [0, 0.1) is 12.3 Å². The summed E-state index contributed by atoms with van der Waals surface area (Å²) in [6.07, 6.45) is 1.82. The molecule has 0 spiro atoms. The largest absolute Gasteiger partial charge is 0.421 e. The second-order valence-corrected chi connectivity index (χ2v) is 19.8. The maximum Gasteiger partial charge on any atom is 0.421 e. The summed E-state index contributed by atoms with van der Waals surface area (Å²) < 4.78 is 72.8. The zero-order chi connectivity index (χ0) is 42.7. The maximum absolute atomic E-state index is 14.0. The van der Waals surface area contributed by atoms with Crippen molar-refractivity contribution in [2.45, 2.75) is 99.9 Å². The number of piperazine rings is 1. The fraction of sp³-hybridized carbons (Fsp3) is 0.561. The first kappa shape index (κ1) is 42.5. The third-order valence-electron chi connectivity index (χ3n) is 13.0. The number of alkyl halides is 3. The van der Waals surface area contributed by atoms with Crippen LogP contribution in [-0.4, -0.2) is 103 Å². The van der Waals surface area contributed by atoms with Crippen LogP contribution in [0.5, 0.6) is 0 Å². The normalized spacial score (nSPS) is 27.6. The molecule has 1 aromatic heterocycles. The maximum atomic E-state index is 14.0. The van der Waals surface area contributed by atoms with Gasteiger partial charge in [0.2, 0.25) is 27.8 Å². The molecule has 2 saturated carbocycles. The molecule has 2 aromatic carbocycles. The second kappa shape index (κ2) is 15.9. The number of amides is 2. The van der Waals surface area contributed by atoms with Crippen molar-refractivity contribution in [3.63, 3.8) is 0 Å². The van der Waals surface area contributed by atoms with Gasteiger partial charge in [-0.3, -0.25) is 19.8 Å². The van der Waals surface area contributed by atoms with Crippen molar-refractivity contribution < 1.29 is 36.3 Å². The number of imide groups is 1. The highest BCUT2D eigenvalue weighted by Crippen LogP contribution is 2.57. The molecule has 4 heterocycles. The zero-order valence-electron chi connectivity index (χ0n) is 33.7. The first-order valence-electron chi connectivity index (χ1n) is 20.5. The summed E-state index contributed by atoms with van der Waals surface area (Å²) in [4.78, 5) is 38.2. The number of fused-ring (bicyclic) bond motifs is 2. The number of aliphatic hydroxyl groups is 1. The molecular formula is C41H51ClF3N9O5S. The van der Waals surface area contributed by atoms with Gasteiger partial charge in [-0.15, -0.1) is 0 Å². The lowest BCUT2D eigenvalue weighted by Crippen LogP contribution is -2.49. The molecule has 3 aromatic rings. The van der Waals surface area contributed by atoms with Crippen LogP contribution in [0.3, 0.4) is 0 Å². The van der Waals surface area contributed by atoms with Crippen LogP contribution < -0.4 is 30.5 Å². The number of carbonyl (C=O) groups excluding carboxylic acids is 2. The quantitative estimate of drug-likeness (QED) is 0.152. The van der Waals surface area contributed by atoms with E-state index in [0.29, 0.717) is 47.8 Å². The molecule has 3 saturated heterocycles. The molecule has 2 aliphatic carbocycles. The molecular weight excluding hydrogens is 823 g/mol. The summed E-state index contributed by atoms with van der Waals surface area (Å²) in [5, 5.41) is 19.6. The molecule has 5 N–H and O–H groups in total. The van der Waals surface area contributed by atoms with Gasteiger partial charge in [-0.2, -0.15) is 18.2 Å². The van der Waals surface area contributed by atoms with Crippen LogP contribution in [0.25, 0.3) is 0 Å². The number of nitrogens with zero attached hydrogens (tertiary/aromatic N) is 5. The SMILES string of the molecule is Cc1cc(S(=O)(=O)NC23CCC(CN4CCN(c5ccc(NC6CCC(=O)NC6=O)c(Cl)c5)CC4)(CC2)C3)ccc1Nc1ncc(C(F)(F)F)c(N2CCC[C@](C)(O)C2)n1. The highest BCUT2D eigenvalue weighted by Gasteiger charge is 2.56. The van der Waals surface area contributed by atoms with E-state index in [2.05, 4.69) is 40.4 Å². The van der Waals surface area contributed by atoms with Gasteiger partial charge in [0.15, 0.2) is 0 Å². The molecule has 1 unspecified atom stereocenters. The number of hydrogen-bond donors (Lipinski definition) is 5. The van der Waals surface area contributed by atoms with E-state index in [1.807, 2.05) is 18.2 Å². The van der Waals surface area contributed by atoms with E-state index in [4.69, 9.17) is 11.6 Å². The average molecular weight is 874 g/mol. The second-order valence-electron chi connectivity index (χ2n) is 17.7. The van der Waals surface area contributed by atoms with E-state index >= 15 is 0 Å². The number of halogens is 4. The Morgan fingerprint density at radius 1 is 0.983 bits per heavy atom. The van der Waals surface area contributed by atoms with Crippen LogP contribution in [0.1, 0.15) is 75.8 Å². The van der Waals surface area contributed by atoms with Crippen LogP contribution >= 0.6 is 11.6 Å². The summed E-state index contributed by atoms with van der Waals surface area (Å²) in [5.74, 6) is -1.01. The molecule has 3 aliphatic heterocycles. The topological polar surface area (TPSA) is 172 Å². The number of β-amino-alcohol motifs (C(OH)–C–C–N with tert-alkyl or cyclic N) is 1. The van der Waals surface area contributed by atoms with Gasteiger partial charge in [0, 0.05) is 75.3 Å². The molecule has 324 valence electrons. The summed E-state index contributed by atoms with van der Waals surface area (Å²) in [6.45, 7) is 7.82. The van der Waals surface area contributed by atoms with Crippen LogP contribution in [0.2, 0.25) is 5.02 Å². The third kappa shape index (κ3) is 9.03. The number of carbonyl (C=O) groups is 2. The molecule has 14 nitrogen and oxygen atoms in total. The van der Waals surface area contributed by atoms with Gasteiger partial charge >= 0.3 is 6.18 Å². The Labute approximate surface area is 352 Å². The van der Waals surface area contributed by atoms with Crippen LogP contribution in [0.4, 0.5) is 42.0 Å². The van der Waals surface area contributed by atoms with E-state index < -0.39 is 38.9 Å². The van der Waals surface area contributed by atoms with Gasteiger partial charge in [-0.25, -0.2) is 18.1 Å². The monoisotopic (exact) mass is 873 g/mol. The minimum absolute atomic E-state index is 0.00613. The zero-order valence-corrected chi connectivity index (χ0v) is 35.2. The summed E-state index contributed by atoms with van der Waals surface area (Å²) in [5.41, 5.74) is -0.0271. The Kier molecular flexibility index (Phi) is 11.3. The number of benzene rings is 2. The van der Waals surface area contributed by atoms with Crippen molar-refractivity contribution in [1.82, 2.24) is 24.9 Å². The first-order chi connectivity index (χ1) is 28.3. The van der Waals surface area contributed by atoms with E-state index in [0.717, 1.165) is 76.7 Å². The highest BCUT2D eigenvalue weighted by molar-refractivity contribution is 7.89. The molecule has 2 atom stereocenters. The molecule has 0 radical (unpaired) electrons. The van der Waals surface area contributed by atoms with Crippen molar-refractivity contribution in [3.8, 4) is 0 Å². The number of aryl methyl sites for hydroxylation is 1. The van der Waals surface area contributed by atoms with Gasteiger partial charge in [-0.05, 0) is 113 Å². The van der Waals surface area contributed by atoms with Crippen molar-refractivity contribution in [1.29, 1.82) is 0 Å². The van der Waals surface area contributed by atoms with E-state index in [-0.39, 0.29) is 46.9 Å². The molecule has 2 bridgehead atoms. The van der Waals surface area contributed by atoms with Gasteiger partial charge in [0.1, 0.15) is 17.4 Å². The molecule has 5 aliphatic rings. The average Bonchev–Trinajstić information content (AvgIpc) is 3.71. The Balaban J connectivity index is 0.864. The number of anilines is 5. The van der Waals surface area contributed by atoms with Gasteiger partial charge in [0.25, 0.3) is 0 Å². The first-order valence-corrected chi connectivity index (χ1v) is 22.4. The number of aromatic nitrogens is 2. The lowest BCUT2D eigenvalue weighted by Gasteiger charge is -2.40. The summed E-state index contributed by atoms with van der Waals surface area (Å²) in [6, 6.07) is 9.83. The van der Waals surface area contributed by atoms with Gasteiger partial charge < -0.3 is 25.5 Å². The Morgan fingerprint density at radius 3 is 2.38 bits per heavy atom. The predicted octanol–water partition coefficient (Wildman–Crippen LogP) is 5.57. The van der Waals surface area contributed by atoms with Crippen LogP contribution in [-0.2, 0) is 25.8 Å². The standard InChI is InChI=1S/C41H51ClF3N9O5S/c1-26-20-28(5-7-31(26)48-37-46-22-29(41(43,44)45)35(50-37)54-15-3-10-38(2,57)24-54)60(58,59)51-40-13-11-39(23-40,12-14-40)25-52-16-18-53(19-17-52)27-4-6-32(30(42)21-27)47-33-8-9-34(55)49-36(33)56/h4-7,20-22,33,47,51,57H,3,8-19,23-25H2,1-2H3,(H,46,48,50)(H,49,55,56)/t33?,38-,39?,40?/m0/s1. The third-order valence-corrected chi connectivity index (χ3v) is 14.8. The van der Waals surface area contributed by atoms with Gasteiger partial charge in [-0.1, -0.05) is 11.6 Å². The van der Waals surface area contributed by atoms with Gasteiger partial charge in [0.05, 0.1) is 21.2 Å². The number of sulfonamides is 1. The van der Waals surface area contributed by atoms with E-state index in [1.165, 1.54) is 11.0 Å². The van der Waals surface area contributed by atoms with Crippen LogP contribution in [0.15, 0.2) is 47.5 Å². The van der Waals surface area contributed by atoms with E-state index in [1.54, 1.807) is 26.0 Å². The van der Waals surface area contributed by atoms with Crippen molar-refractivity contribution in [2.24, 2.45) is 5.41 Å². The highest BCUT2D eigenvalue weighted by atomic mass is 35.5. The summed E-state index contributed by atoms with van der Waals surface area (Å²) >= 11 is 6.63. The lowest BCUT2D eigenvalue weighted by atomic mass is 9.83. The number of nitrogens with one attached hydrogen (secondary N) is 4. The predicted molar refractivity (Wildman–Crippen MR) is 222 cm³/mol. The fourth-order valence-electron chi connectivity index (χ4n) is 9.84. The summed E-state index contributed by atoms with van der Waals surface area (Å²) in [7, 11) is -3.91. The fourth-order valence-corrected chi connectivity index (χ4v) is 11.6. The van der Waals surface area contributed by atoms with Crippen molar-refractivity contribution >= 4 is 62.3 Å². The molecule has 8 rings (SSSR count).